The predicted molar refractivity (Wildman–Crippen MR) is 79.8 cm³/mol. The van der Waals surface area contributed by atoms with E-state index in [2.05, 4.69) is 25.6 Å². The number of hydrogen-bond acceptors (Lipinski definition) is 8. The van der Waals surface area contributed by atoms with Crippen molar-refractivity contribution in [2.24, 2.45) is 0 Å². The highest BCUT2D eigenvalue weighted by atomic mass is 32.2. The van der Waals surface area contributed by atoms with E-state index in [-0.39, 0.29) is 16.8 Å². The number of benzene rings is 1. The van der Waals surface area contributed by atoms with Gasteiger partial charge in [0.1, 0.15) is 0 Å². The second-order valence-corrected chi connectivity index (χ2v) is 5.76. The first kappa shape index (κ1) is 15.9. The van der Waals surface area contributed by atoms with E-state index in [0.717, 1.165) is 6.42 Å². The van der Waals surface area contributed by atoms with Crippen molar-refractivity contribution in [2.75, 3.05) is 17.2 Å². The van der Waals surface area contributed by atoms with Gasteiger partial charge >= 0.3 is 6.01 Å². The average molecular weight is 325 g/mol. The Balaban J connectivity index is 2.25. The lowest BCUT2D eigenvalue weighted by atomic mass is 10.3. The smallest absolute Gasteiger partial charge is 0.320 e. The van der Waals surface area contributed by atoms with Crippen LogP contribution in [0, 0.1) is 0 Å². The van der Waals surface area contributed by atoms with E-state index in [1.807, 2.05) is 6.92 Å². The van der Waals surface area contributed by atoms with Crippen molar-refractivity contribution in [1.29, 1.82) is 0 Å². The SMILES string of the molecule is CCCNc1nc(O)nc(Nc2cccc(S(=O)(=O)O)c2)n1. The van der Waals surface area contributed by atoms with Crippen LogP contribution in [0.3, 0.4) is 0 Å². The zero-order chi connectivity index (χ0) is 16.2. The molecule has 0 spiro atoms. The summed E-state index contributed by atoms with van der Waals surface area (Å²) in [5.41, 5.74) is 0.335. The molecule has 0 amide bonds. The summed E-state index contributed by atoms with van der Waals surface area (Å²) in [5.74, 6) is 0.237. The van der Waals surface area contributed by atoms with Crippen molar-refractivity contribution in [3.63, 3.8) is 0 Å². The van der Waals surface area contributed by atoms with Crippen molar-refractivity contribution in [2.45, 2.75) is 18.2 Å². The molecule has 0 aliphatic carbocycles. The minimum absolute atomic E-state index is 0.0404. The number of aromatic hydroxyl groups is 1. The quantitative estimate of drug-likeness (QED) is 0.580. The molecule has 0 aliphatic rings. The van der Waals surface area contributed by atoms with E-state index < -0.39 is 16.1 Å². The first-order valence-corrected chi connectivity index (χ1v) is 7.86. The van der Waals surface area contributed by atoms with E-state index in [1.165, 1.54) is 18.2 Å². The van der Waals surface area contributed by atoms with Gasteiger partial charge in [0, 0.05) is 12.2 Å². The third-order valence-electron chi connectivity index (χ3n) is 2.54. The van der Waals surface area contributed by atoms with E-state index in [4.69, 9.17) is 4.55 Å². The van der Waals surface area contributed by atoms with Crippen LogP contribution in [-0.2, 0) is 10.1 Å². The maximum atomic E-state index is 11.1. The molecule has 0 bridgehead atoms. The third-order valence-corrected chi connectivity index (χ3v) is 3.39. The molecule has 0 atom stereocenters. The van der Waals surface area contributed by atoms with E-state index in [1.54, 1.807) is 6.07 Å². The molecule has 0 saturated heterocycles. The number of nitrogens with one attached hydrogen (secondary N) is 2. The molecule has 1 aromatic carbocycles. The predicted octanol–water partition coefficient (Wildman–Crippen LogP) is 1.39. The zero-order valence-electron chi connectivity index (χ0n) is 11.7. The minimum Gasteiger partial charge on any atom is -0.479 e. The Morgan fingerprint density at radius 3 is 2.59 bits per heavy atom. The highest BCUT2D eigenvalue weighted by molar-refractivity contribution is 7.85. The monoisotopic (exact) mass is 325 g/mol. The van der Waals surface area contributed by atoms with Crippen LogP contribution in [0.25, 0.3) is 0 Å². The minimum atomic E-state index is -4.30. The molecular formula is C12H15N5O4S. The second-order valence-electron chi connectivity index (χ2n) is 4.34. The molecule has 2 rings (SSSR count). The van der Waals surface area contributed by atoms with Crippen molar-refractivity contribution in [3.05, 3.63) is 24.3 Å². The van der Waals surface area contributed by atoms with Gasteiger partial charge in [0.05, 0.1) is 4.90 Å². The van der Waals surface area contributed by atoms with Gasteiger partial charge in [-0.05, 0) is 24.6 Å². The maximum Gasteiger partial charge on any atom is 0.320 e. The standard InChI is InChI=1S/C12H15N5O4S/c1-2-6-13-10-15-11(17-12(18)16-10)14-8-4-3-5-9(7-8)22(19,20)21/h3-5,7H,2,6H2,1H3,(H,19,20,21)(H3,13,14,15,16,17,18). The van der Waals surface area contributed by atoms with Crippen molar-refractivity contribution in [3.8, 4) is 6.01 Å². The third kappa shape index (κ3) is 4.27. The van der Waals surface area contributed by atoms with Gasteiger partial charge in [-0.25, -0.2) is 0 Å². The Hall–Kier alpha value is -2.46. The first-order valence-electron chi connectivity index (χ1n) is 6.42. The summed E-state index contributed by atoms with van der Waals surface area (Å²) in [6.45, 7) is 2.59. The number of aromatic nitrogens is 3. The molecule has 0 saturated carbocycles. The molecule has 1 aromatic heterocycles. The van der Waals surface area contributed by atoms with Gasteiger partial charge in [0.2, 0.25) is 11.9 Å². The van der Waals surface area contributed by atoms with E-state index in [9.17, 15) is 13.5 Å². The van der Waals surface area contributed by atoms with Crippen molar-refractivity contribution >= 4 is 27.7 Å². The molecular weight excluding hydrogens is 310 g/mol. The van der Waals surface area contributed by atoms with E-state index >= 15 is 0 Å². The highest BCUT2D eigenvalue weighted by Crippen LogP contribution is 2.19. The molecule has 1 heterocycles. The molecule has 0 unspecified atom stereocenters. The molecule has 118 valence electrons. The lowest BCUT2D eigenvalue weighted by molar-refractivity contribution is 0.430. The van der Waals surface area contributed by atoms with Crippen LogP contribution in [0.2, 0.25) is 0 Å². The number of anilines is 3. The lowest BCUT2D eigenvalue weighted by Crippen LogP contribution is -2.07. The van der Waals surface area contributed by atoms with Gasteiger partial charge in [-0.2, -0.15) is 23.4 Å². The van der Waals surface area contributed by atoms with Crippen LogP contribution < -0.4 is 10.6 Å². The molecule has 4 N–H and O–H groups in total. The summed E-state index contributed by atoms with van der Waals surface area (Å²) in [5, 5.41) is 15.1. The maximum absolute atomic E-state index is 11.1. The Bertz CT molecular complexity index is 766. The summed E-state index contributed by atoms with van der Waals surface area (Å²) in [6, 6.07) is 5.01. The second kappa shape index (κ2) is 6.54. The van der Waals surface area contributed by atoms with Gasteiger partial charge in [0.25, 0.3) is 10.1 Å². The Morgan fingerprint density at radius 1 is 1.18 bits per heavy atom. The first-order chi connectivity index (χ1) is 10.4. The number of nitrogens with zero attached hydrogens (tertiary/aromatic N) is 3. The summed E-state index contributed by atoms with van der Waals surface area (Å²) in [6.07, 6.45) is 0.853. The molecule has 0 radical (unpaired) electrons. The lowest BCUT2D eigenvalue weighted by Gasteiger charge is -2.08. The fourth-order valence-corrected chi connectivity index (χ4v) is 2.13. The van der Waals surface area contributed by atoms with Gasteiger partial charge < -0.3 is 15.7 Å². The summed E-state index contributed by atoms with van der Waals surface area (Å²) in [4.78, 5) is 11.2. The van der Waals surface area contributed by atoms with Gasteiger partial charge in [-0.3, -0.25) is 4.55 Å². The largest absolute Gasteiger partial charge is 0.479 e. The molecule has 22 heavy (non-hydrogen) atoms. The molecule has 0 fully saturated rings. The number of rotatable bonds is 6. The highest BCUT2D eigenvalue weighted by Gasteiger charge is 2.11. The summed E-state index contributed by atoms with van der Waals surface area (Å²) >= 11 is 0. The molecule has 9 nitrogen and oxygen atoms in total. The molecule has 0 aliphatic heterocycles. The number of hydrogen-bond donors (Lipinski definition) is 4. The van der Waals surface area contributed by atoms with Crippen molar-refractivity contribution < 1.29 is 18.1 Å². The van der Waals surface area contributed by atoms with Crippen LogP contribution in [-0.4, -0.2) is 39.6 Å². The Morgan fingerprint density at radius 2 is 1.91 bits per heavy atom. The summed E-state index contributed by atoms with van der Waals surface area (Å²) < 4.78 is 31.2. The molecule has 10 heteroatoms. The normalized spacial score (nSPS) is 11.2. The zero-order valence-corrected chi connectivity index (χ0v) is 12.5. The van der Waals surface area contributed by atoms with Gasteiger partial charge in [-0.15, -0.1) is 0 Å². The van der Waals surface area contributed by atoms with Crippen LogP contribution in [0.4, 0.5) is 17.6 Å². The Kier molecular flexibility index (Phi) is 4.73. The fraction of sp³-hybridized carbons (Fsp3) is 0.250. The average Bonchev–Trinajstić information content (AvgIpc) is 2.44. The van der Waals surface area contributed by atoms with Gasteiger partial charge in [0.15, 0.2) is 0 Å². The van der Waals surface area contributed by atoms with Crippen LogP contribution in [0.1, 0.15) is 13.3 Å². The topological polar surface area (TPSA) is 137 Å². The van der Waals surface area contributed by atoms with Crippen LogP contribution in [0.15, 0.2) is 29.2 Å². The van der Waals surface area contributed by atoms with Crippen LogP contribution >= 0.6 is 0 Å². The van der Waals surface area contributed by atoms with E-state index in [0.29, 0.717) is 12.2 Å². The van der Waals surface area contributed by atoms with Gasteiger partial charge in [-0.1, -0.05) is 13.0 Å². The summed E-state index contributed by atoms with van der Waals surface area (Å²) in [7, 11) is -4.30. The molecule has 2 aromatic rings. The fourth-order valence-electron chi connectivity index (χ4n) is 1.60. The van der Waals surface area contributed by atoms with Crippen molar-refractivity contribution in [1.82, 2.24) is 15.0 Å². The van der Waals surface area contributed by atoms with Crippen LogP contribution in [0.5, 0.6) is 6.01 Å². The Labute approximate surface area is 127 Å².